The third-order valence-corrected chi connectivity index (χ3v) is 4.86. The molecule has 126 valence electrons. The van der Waals surface area contributed by atoms with Gasteiger partial charge in [-0.15, -0.1) is 0 Å². The van der Waals surface area contributed by atoms with E-state index in [1.807, 2.05) is 31.2 Å². The van der Waals surface area contributed by atoms with Gasteiger partial charge < -0.3 is 5.32 Å². The lowest BCUT2D eigenvalue weighted by Crippen LogP contribution is -2.41. The van der Waals surface area contributed by atoms with Gasteiger partial charge in [-0.3, -0.25) is 19.3 Å². The summed E-state index contributed by atoms with van der Waals surface area (Å²) in [4.78, 5) is 38.1. The highest BCUT2D eigenvalue weighted by atomic mass is 35.5. The number of allylic oxidation sites excluding steroid dienone is 2. The van der Waals surface area contributed by atoms with Crippen LogP contribution < -0.4 is 5.32 Å². The molecule has 0 spiro atoms. The zero-order chi connectivity index (χ0) is 17.3. The average molecular weight is 347 g/mol. The molecule has 0 bridgehead atoms. The minimum atomic E-state index is -0.351. The largest absolute Gasteiger partial charge is 0.348 e. The van der Waals surface area contributed by atoms with Gasteiger partial charge in [0.25, 0.3) is 0 Å². The molecule has 3 amide bonds. The zero-order valence-electron chi connectivity index (χ0n) is 13.4. The minimum absolute atomic E-state index is 0.227. The van der Waals surface area contributed by atoms with Crippen LogP contribution in [0.15, 0.2) is 36.4 Å². The predicted molar refractivity (Wildman–Crippen MR) is 90.1 cm³/mol. The minimum Gasteiger partial charge on any atom is -0.348 e. The molecule has 1 aromatic carbocycles. The molecule has 0 radical (unpaired) electrons. The molecule has 5 nitrogen and oxygen atoms in total. The van der Waals surface area contributed by atoms with Gasteiger partial charge in [0.2, 0.25) is 17.7 Å². The van der Waals surface area contributed by atoms with E-state index in [0.29, 0.717) is 17.9 Å². The number of likely N-dealkylation sites (tertiary alicyclic amines) is 1. The SMILES string of the molecule is C[C@@H](NC(=O)CN1C(=O)[C@H]2CC=CC[C@@H]2C1=O)c1cccc(Cl)c1. The van der Waals surface area contributed by atoms with Crippen molar-refractivity contribution in [1.29, 1.82) is 0 Å². The molecule has 1 aromatic rings. The Morgan fingerprint density at radius 1 is 1.25 bits per heavy atom. The van der Waals surface area contributed by atoms with Crippen molar-refractivity contribution >= 4 is 29.3 Å². The third-order valence-electron chi connectivity index (χ3n) is 4.63. The lowest BCUT2D eigenvalue weighted by Gasteiger charge is -2.18. The van der Waals surface area contributed by atoms with E-state index in [9.17, 15) is 14.4 Å². The molecule has 1 heterocycles. The fourth-order valence-corrected chi connectivity index (χ4v) is 3.51. The monoisotopic (exact) mass is 346 g/mol. The molecule has 1 aliphatic carbocycles. The van der Waals surface area contributed by atoms with E-state index in [2.05, 4.69) is 5.32 Å². The van der Waals surface area contributed by atoms with E-state index < -0.39 is 0 Å². The van der Waals surface area contributed by atoms with Crippen LogP contribution in [0.25, 0.3) is 0 Å². The van der Waals surface area contributed by atoms with Gasteiger partial charge in [-0.1, -0.05) is 35.9 Å². The Balaban J connectivity index is 1.63. The second-order valence-corrected chi connectivity index (χ2v) is 6.70. The summed E-state index contributed by atoms with van der Waals surface area (Å²) in [5.74, 6) is -1.43. The summed E-state index contributed by atoms with van der Waals surface area (Å²) in [5, 5.41) is 3.41. The molecule has 0 unspecified atom stereocenters. The number of nitrogens with one attached hydrogen (secondary N) is 1. The number of imide groups is 1. The third kappa shape index (κ3) is 3.22. The first-order chi connectivity index (χ1) is 11.5. The summed E-state index contributed by atoms with van der Waals surface area (Å²) in [7, 11) is 0. The zero-order valence-corrected chi connectivity index (χ0v) is 14.1. The van der Waals surface area contributed by atoms with E-state index >= 15 is 0 Å². The van der Waals surface area contributed by atoms with Crippen LogP contribution in [0.4, 0.5) is 0 Å². The molecular weight excluding hydrogens is 328 g/mol. The van der Waals surface area contributed by atoms with Crippen LogP contribution in [-0.4, -0.2) is 29.2 Å². The van der Waals surface area contributed by atoms with Crippen molar-refractivity contribution in [3.63, 3.8) is 0 Å². The van der Waals surface area contributed by atoms with Gasteiger partial charge in [0.1, 0.15) is 6.54 Å². The first kappa shape index (κ1) is 16.7. The van der Waals surface area contributed by atoms with Gasteiger partial charge in [0.05, 0.1) is 17.9 Å². The van der Waals surface area contributed by atoms with Crippen LogP contribution in [0.3, 0.4) is 0 Å². The number of amides is 3. The van der Waals surface area contributed by atoms with Gasteiger partial charge in [-0.2, -0.15) is 0 Å². The van der Waals surface area contributed by atoms with Crippen LogP contribution >= 0.6 is 11.6 Å². The predicted octanol–water partition coefficient (Wildman–Crippen LogP) is 2.47. The Kier molecular flexibility index (Phi) is 4.71. The van der Waals surface area contributed by atoms with E-state index in [-0.39, 0.29) is 42.1 Å². The van der Waals surface area contributed by atoms with Gasteiger partial charge in [-0.05, 0) is 37.5 Å². The lowest BCUT2D eigenvalue weighted by atomic mass is 9.85. The lowest BCUT2D eigenvalue weighted by molar-refractivity contribution is -0.143. The van der Waals surface area contributed by atoms with E-state index in [4.69, 9.17) is 11.6 Å². The Bertz CT molecular complexity index is 690. The molecule has 3 rings (SSSR count). The molecule has 1 N–H and O–H groups in total. The van der Waals surface area contributed by atoms with E-state index in [1.165, 1.54) is 0 Å². The maximum atomic E-state index is 12.4. The fourth-order valence-electron chi connectivity index (χ4n) is 3.31. The van der Waals surface area contributed by atoms with Crippen LogP contribution in [0.5, 0.6) is 0 Å². The number of benzene rings is 1. The summed E-state index contributed by atoms with van der Waals surface area (Å²) in [6.45, 7) is 1.61. The molecule has 0 aromatic heterocycles. The van der Waals surface area contributed by atoms with Crippen LogP contribution in [0.1, 0.15) is 31.4 Å². The first-order valence-electron chi connectivity index (χ1n) is 8.02. The van der Waals surface area contributed by atoms with E-state index in [1.54, 1.807) is 12.1 Å². The molecule has 1 aliphatic heterocycles. The van der Waals surface area contributed by atoms with Crippen LogP contribution in [-0.2, 0) is 14.4 Å². The molecule has 0 saturated carbocycles. The number of rotatable bonds is 4. The standard InChI is InChI=1S/C18H19ClN2O3/c1-11(12-5-4-6-13(19)9-12)20-16(22)10-21-17(23)14-7-2-3-8-15(14)18(21)24/h2-6,9,11,14-15H,7-8,10H2,1H3,(H,20,22)/t11-,14+,15+/m1/s1. The summed E-state index contributed by atoms with van der Waals surface area (Å²) in [6, 6.07) is 6.96. The van der Waals surface area contributed by atoms with Crippen molar-refractivity contribution in [3.8, 4) is 0 Å². The Hall–Kier alpha value is -2.14. The van der Waals surface area contributed by atoms with Crippen LogP contribution in [0, 0.1) is 11.8 Å². The number of hydrogen-bond acceptors (Lipinski definition) is 3. The molecular formula is C18H19ClN2O3. The molecule has 1 fully saturated rings. The molecule has 3 atom stereocenters. The highest BCUT2D eigenvalue weighted by Gasteiger charge is 2.47. The summed E-state index contributed by atoms with van der Waals surface area (Å²) in [6.07, 6.45) is 5.01. The molecule has 2 aliphatic rings. The number of hydrogen-bond donors (Lipinski definition) is 1. The Morgan fingerprint density at radius 3 is 2.46 bits per heavy atom. The van der Waals surface area contributed by atoms with Crippen molar-refractivity contribution < 1.29 is 14.4 Å². The van der Waals surface area contributed by atoms with Crippen molar-refractivity contribution in [2.45, 2.75) is 25.8 Å². The van der Waals surface area contributed by atoms with Gasteiger partial charge in [-0.25, -0.2) is 0 Å². The van der Waals surface area contributed by atoms with Gasteiger partial charge in [0, 0.05) is 5.02 Å². The maximum Gasteiger partial charge on any atom is 0.240 e. The smallest absolute Gasteiger partial charge is 0.240 e. The van der Waals surface area contributed by atoms with E-state index in [0.717, 1.165) is 10.5 Å². The number of carbonyl (C=O) groups is 3. The number of nitrogens with zero attached hydrogens (tertiary/aromatic N) is 1. The summed E-state index contributed by atoms with van der Waals surface area (Å²) >= 11 is 5.95. The molecule has 24 heavy (non-hydrogen) atoms. The molecule has 6 heteroatoms. The van der Waals surface area contributed by atoms with Gasteiger partial charge in [0.15, 0.2) is 0 Å². The Morgan fingerprint density at radius 2 is 1.88 bits per heavy atom. The average Bonchev–Trinajstić information content (AvgIpc) is 2.80. The number of fused-ring (bicyclic) bond motifs is 1. The second-order valence-electron chi connectivity index (χ2n) is 6.26. The number of halogens is 1. The van der Waals surface area contributed by atoms with Gasteiger partial charge >= 0.3 is 0 Å². The second kappa shape index (κ2) is 6.77. The maximum absolute atomic E-state index is 12.4. The first-order valence-corrected chi connectivity index (χ1v) is 8.40. The number of carbonyl (C=O) groups excluding carboxylic acids is 3. The van der Waals surface area contributed by atoms with Crippen molar-refractivity contribution in [3.05, 3.63) is 47.0 Å². The fraction of sp³-hybridized carbons (Fsp3) is 0.389. The summed E-state index contributed by atoms with van der Waals surface area (Å²) < 4.78 is 0. The van der Waals surface area contributed by atoms with Crippen LogP contribution in [0.2, 0.25) is 5.02 Å². The summed E-state index contributed by atoms with van der Waals surface area (Å²) in [5.41, 5.74) is 0.868. The quantitative estimate of drug-likeness (QED) is 0.672. The van der Waals surface area contributed by atoms with Crippen molar-refractivity contribution in [2.75, 3.05) is 6.54 Å². The normalized spacial score (nSPS) is 24.0. The highest BCUT2D eigenvalue weighted by Crippen LogP contribution is 2.34. The van der Waals surface area contributed by atoms with Crippen molar-refractivity contribution in [1.82, 2.24) is 10.2 Å². The topological polar surface area (TPSA) is 66.5 Å². The Labute approximate surface area is 145 Å². The van der Waals surface area contributed by atoms with Crippen molar-refractivity contribution in [2.24, 2.45) is 11.8 Å². The highest BCUT2D eigenvalue weighted by molar-refractivity contribution is 6.30. The molecule has 1 saturated heterocycles.